The van der Waals surface area contributed by atoms with E-state index in [1.807, 2.05) is 18.2 Å². The highest BCUT2D eigenvalue weighted by Crippen LogP contribution is 2.11. The molecule has 1 aromatic rings. The molecule has 1 aromatic carbocycles. The number of hydrogen-bond acceptors (Lipinski definition) is 2. The van der Waals surface area contributed by atoms with Crippen molar-refractivity contribution in [1.82, 2.24) is 5.32 Å². The largest absolute Gasteiger partial charge is 0.480 e. The summed E-state index contributed by atoms with van der Waals surface area (Å²) in [7, 11) is 1.63. The van der Waals surface area contributed by atoms with Crippen LogP contribution < -0.4 is 5.32 Å². The maximum Gasteiger partial charge on any atom is 0.325 e. The highest BCUT2D eigenvalue weighted by atomic mass is 16.4. The Balaban J connectivity index is 2.88. The zero-order valence-corrected chi connectivity index (χ0v) is 6.82. The quantitative estimate of drug-likeness (QED) is 0.703. The Kier molecular flexibility index (Phi) is 2.82. The van der Waals surface area contributed by atoms with Gasteiger partial charge in [0, 0.05) is 0 Å². The van der Waals surface area contributed by atoms with E-state index in [2.05, 4.69) is 5.32 Å². The van der Waals surface area contributed by atoms with E-state index in [0.29, 0.717) is 0 Å². The number of hydrogen-bond donors (Lipinski definition) is 2. The molecule has 1 rings (SSSR count). The van der Waals surface area contributed by atoms with Crippen LogP contribution in [0.3, 0.4) is 0 Å². The molecule has 0 aliphatic rings. The predicted molar refractivity (Wildman–Crippen MR) is 45.9 cm³/mol. The van der Waals surface area contributed by atoms with Gasteiger partial charge in [0.1, 0.15) is 6.04 Å². The number of nitrogens with one attached hydrogen (secondary N) is 1. The second-order valence-electron chi connectivity index (χ2n) is 2.47. The molecule has 3 nitrogen and oxygen atoms in total. The molecule has 2 N–H and O–H groups in total. The van der Waals surface area contributed by atoms with Gasteiger partial charge in [-0.05, 0) is 12.6 Å². The molecule has 0 aromatic heterocycles. The molecule has 12 heavy (non-hydrogen) atoms. The van der Waals surface area contributed by atoms with Crippen LogP contribution in [-0.2, 0) is 4.79 Å². The molecule has 0 heterocycles. The highest BCUT2D eigenvalue weighted by Gasteiger charge is 2.15. The Morgan fingerprint density at radius 3 is 2.42 bits per heavy atom. The minimum Gasteiger partial charge on any atom is -0.480 e. The second kappa shape index (κ2) is 3.88. The fourth-order valence-corrected chi connectivity index (χ4v) is 1.08. The fourth-order valence-electron chi connectivity index (χ4n) is 1.08. The molecular weight excluding hydrogens is 154 g/mol. The van der Waals surface area contributed by atoms with Gasteiger partial charge >= 0.3 is 5.97 Å². The summed E-state index contributed by atoms with van der Waals surface area (Å²) in [5.41, 5.74) is 0.771. The van der Waals surface area contributed by atoms with Crippen molar-refractivity contribution in [3.05, 3.63) is 35.9 Å². The summed E-state index contributed by atoms with van der Waals surface area (Å²) in [6.07, 6.45) is 0. The maximum atomic E-state index is 10.7. The Hall–Kier alpha value is -1.35. The Morgan fingerprint density at radius 2 is 2.00 bits per heavy atom. The van der Waals surface area contributed by atoms with E-state index in [9.17, 15) is 4.79 Å². The van der Waals surface area contributed by atoms with Crippen molar-refractivity contribution in [1.29, 1.82) is 0 Å². The minimum atomic E-state index is -0.858. The molecule has 0 aliphatic heterocycles. The lowest BCUT2D eigenvalue weighted by atomic mass is 10.1. The van der Waals surface area contributed by atoms with Crippen molar-refractivity contribution in [2.45, 2.75) is 6.04 Å². The normalized spacial score (nSPS) is 12.4. The zero-order chi connectivity index (χ0) is 8.97. The van der Waals surface area contributed by atoms with Crippen molar-refractivity contribution in [2.24, 2.45) is 0 Å². The van der Waals surface area contributed by atoms with Crippen molar-refractivity contribution in [2.75, 3.05) is 7.05 Å². The van der Waals surface area contributed by atoms with Crippen LogP contribution in [0, 0.1) is 0 Å². The first kappa shape index (κ1) is 8.74. The van der Waals surface area contributed by atoms with Crippen LogP contribution in [0.25, 0.3) is 0 Å². The van der Waals surface area contributed by atoms with Gasteiger partial charge in [0.15, 0.2) is 0 Å². The summed E-state index contributed by atoms with van der Waals surface area (Å²) in [6, 6.07) is 8.47. The average molecular weight is 165 g/mol. The van der Waals surface area contributed by atoms with Gasteiger partial charge in [-0.15, -0.1) is 0 Å². The Morgan fingerprint density at radius 1 is 1.42 bits per heavy atom. The van der Waals surface area contributed by atoms with E-state index in [0.717, 1.165) is 5.56 Å². The van der Waals surface area contributed by atoms with E-state index in [4.69, 9.17) is 5.11 Å². The first-order valence-corrected chi connectivity index (χ1v) is 3.70. The molecule has 0 unspecified atom stereocenters. The van der Waals surface area contributed by atoms with Gasteiger partial charge in [-0.3, -0.25) is 4.79 Å². The molecule has 0 fully saturated rings. The molecule has 0 saturated carbocycles. The summed E-state index contributed by atoms with van der Waals surface area (Å²) in [4.78, 5) is 10.7. The number of likely N-dealkylation sites (N-methyl/N-ethyl adjacent to an activating group) is 1. The van der Waals surface area contributed by atoms with Crippen LogP contribution in [0.4, 0.5) is 0 Å². The van der Waals surface area contributed by atoms with Crippen LogP contribution in [0.15, 0.2) is 30.3 Å². The van der Waals surface area contributed by atoms with Gasteiger partial charge in [0.25, 0.3) is 0 Å². The van der Waals surface area contributed by atoms with Crippen molar-refractivity contribution >= 4 is 5.97 Å². The van der Waals surface area contributed by atoms with Crippen LogP contribution in [-0.4, -0.2) is 18.1 Å². The molecule has 1 atom stereocenters. The Labute approximate surface area is 71.0 Å². The van der Waals surface area contributed by atoms with Gasteiger partial charge in [0.05, 0.1) is 0 Å². The number of benzene rings is 1. The van der Waals surface area contributed by atoms with Crippen molar-refractivity contribution < 1.29 is 9.90 Å². The smallest absolute Gasteiger partial charge is 0.325 e. The van der Waals surface area contributed by atoms with E-state index >= 15 is 0 Å². The predicted octanol–water partition coefficient (Wildman–Crippen LogP) is 1.03. The number of rotatable bonds is 3. The molecule has 3 heteroatoms. The van der Waals surface area contributed by atoms with E-state index < -0.39 is 12.0 Å². The SMILES string of the molecule is CN[C@H](C(=O)O)c1ccccc1. The molecule has 0 spiro atoms. The third kappa shape index (κ3) is 1.83. The average Bonchev–Trinajstić information content (AvgIpc) is 2.07. The van der Waals surface area contributed by atoms with Crippen molar-refractivity contribution in [3.8, 4) is 0 Å². The molecule has 0 bridgehead atoms. The summed E-state index contributed by atoms with van der Waals surface area (Å²) in [6.45, 7) is 0. The van der Waals surface area contributed by atoms with Gasteiger partial charge in [0.2, 0.25) is 0 Å². The number of aliphatic carboxylic acids is 1. The summed E-state index contributed by atoms with van der Waals surface area (Å²) in [5.74, 6) is -0.858. The lowest BCUT2D eigenvalue weighted by molar-refractivity contribution is -0.139. The van der Waals surface area contributed by atoms with E-state index in [1.165, 1.54) is 0 Å². The van der Waals surface area contributed by atoms with E-state index in [1.54, 1.807) is 19.2 Å². The number of carboxylic acids is 1. The van der Waals surface area contributed by atoms with Crippen LogP contribution in [0.1, 0.15) is 11.6 Å². The summed E-state index contributed by atoms with van der Waals surface area (Å²) in [5, 5.41) is 11.5. The lowest BCUT2D eigenvalue weighted by Gasteiger charge is -2.10. The van der Waals surface area contributed by atoms with Gasteiger partial charge in [-0.1, -0.05) is 30.3 Å². The first-order valence-electron chi connectivity index (χ1n) is 3.70. The molecule has 64 valence electrons. The van der Waals surface area contributed by atoms with E-state index in [-0.39, 0.29) is 0 Å². The molecule has 0 aliphatic carbocycles. The second-order valence-corrected chi connectivity index (χ2v) is 2.47. The first-order chi connectivity index (χ1) is 5.75. The molecule has 0 saturated heterocycles. The summed E-state index contributed by atoms with van der Waals surface area (Å²) < 4.78 is 0. The van der Waals surface area contributed by atoms with Gasteiger partial charge < -0.3 is 10.4 Å². The van der Waals surface area contributed by atoms with Crippen molar-refractivity contribution in [3.63, 3.8) is 0 Å². The van der Waals surface area contributed by atoms with Gasteiger partial charge in [-0.2, -0.15) is 0 Å². The monoisotopic (exact) mass is 165 g/mol. The lowest BCUT2D eigenvalue weighted by Crippen LogP contribution is -2.24. The Bertz CT molecular complexity index is 258. The molecular formula is C9H11NO2. The summed E-state index contributed by atoms with van der Waals surface area (Å²) >= 11 is 0. The zero-order valence-electron chi connectivity index (χ0n) is 6.82. The van der Waals surface area contributed by atoms with Crippen LogP contribution in [0.2, 0.25) is 0 Å². The third-order valence-electron chi connectivity index (χ3n) is 1.67. The number of carboxylic acid groups (broad SMARTS) is 1. The third-order valence-corrected chi connectivity index (χ3v) is 1.67. The minimum absolute atomic E-state index is 0.605. The molecule has 0 radical (unpaired) electrons. The topological polar surface area (TPSA) is 49.3 Å². The molecule has 0 amide bonds. The standard InChI is InChI=1S/C9H11NO2/c1-10-8(9(11)12)7-5-3-2-4-6-7/h2-6,8,10H,1H3,(H,11,12)/t8-/m0/s1. The fraction of sp³-hybridized carbons (Fsp3) is 0.222. The van der Waals surface area contributed by atoms with Crippen LogP contribution in [0.5, 0.6) is 0 Å². The van der Waals surface area contributed by atoms with Crippen LogP contribution >= 0.6 is 0 Å². The van der Waals surface area contributed by atoms with Gasteiger partial charge in [-0.25, -0.2) is 0 Å². The highest BCUT2D eigenvalue weighted by molar-refractivity contribution is 5.75. The maximum absolute atomic E-state index is 10.7. The number of carbonyl (C=O) groups is 1.